The average molecular weight is 204 g/mol. The van der Waals surface area contributed by atoms with Crippen LogP contribution in [0.15, 0.2) is 38.0 Å². The molecule has 1 saturated carbocycles. The lowest BCUT2D eigenvalue weighted by molar-refractivity contribution is -0.118. The van der Waals surface area contributed by atoms with E-state index >= 15 is 0 Å². The highest BCUT2D eigenvalue weighted by molar-refractivity contribution is 5.82. The summed E-state index contributed by atoms with van der Waals surface area (Å²) in [5.74, 6) is 0.809. The van der Waals surface area contributed by atoms with Crippen LogP contribution in [-0.2, 0) is 4.79 Å². The van der Waals surface area contributed by atoms with Crippen molar-refractivity contribution in [3.05, 3.63) is 38.0 Å². The fraction of sp³-hybridized carbons (Fsp3) is 0.500. The Morgan fingerprint density at radius 2 is 1.80 bits per heavy atom. The molecule has 0 amide bonds. The van der Waals surface area contributed by atoms with Crippen LogP contribution in [0.3, 0.4) is 0 Å². The number of allylic oxidation sites excluding steroid dienone is 3. The third kappa shape index (κ3) is 2.47. The van der Waals surface area contributed by atoms with Crippen LogP contribution in [0.2, 0.25) is 0 Å². The van der Waals surface area contributed by atoms with E-state index in [1.807, 2.05) is 18.2 Å². The SMILES string of the molecule is C=CCC1CC(=O)CC1(CC=C)CC=C. The maximum atomic E-state index is 11.6. The van der Waals surface area contributed by atoms with E-state index < -0.39 is 0 Å². The first kappa shape index (κ1) is 12.0. The quantitative estimate of drug-likeness (QED) is 0.603. The van der Waals surface area contributed by atoms with E-state index in [-0.39, 0.29) is 5.41 Å². The molecule has 0 aromatic heterocycles. The molecule has 1 rings (SSSR count). The lowest BCUT2D eigenvalue weighted by Gasteiger charge is -2.32. The first-order valence-corrected chi connectivity index (χ1v) is 5.53. The highest BCUT2D eigenvalue weighted by Gasteiger charge is 2.44. The summed E-state index contributed by atoms with van der Waals surface area (Å²) in [7, 11) is 0. The second-order valence-corrected chi connectivity index (χ2v) is 4.49. The Bertz CT molecular complexity index is 265. The van der Waals surface area contributed by atoms with Crippen LogP contribution in [0.5, 0.6) is 0 Å². The Morgan fingerprint density at radius 1 is 1.20 bits per heavy atom. The van der Waals surface area contributed by atoms with E-state index in [4.69, 9.17) is 0 Å². The van der Waals surface area contributed by atoms with Gasteiger partial charge >= 0.3 is 0 Å². The molecule has 1 aliphatic carbocycles. The molecule has 15 heavy (non-hydrogen) atoms. The minimum absolute atomic E-state index is 0.0781. The Balaban J connectivity index is 2.89. The molecule has 0 N–H and O–H groups in total. The topological polar surface area (TPSA) is 17.1 Å². The zero-order valence-electron chi connectivity index (χ0n) is 9.37. The molecule has 0 saturated heterocycles. The molecule has 0 spiro atoms. The molecule has 0 heterocycles. The van der Waals surface area contributed by atoms with Crippen molar-refractivity contribution in [3.63, 3.8) is 0 Å². The van der Waals surface area contributed by atoms with E-state index in [0.29, 0.717) is 24.5 Å². The van der Waals surface area contributed by atoms with Gasteiger partial charge in [-0.2, -0.15) is 0 Å². The van der Waals surface area contributed by atoms with Gasteiger partial charge in [0.1, 0.15) is 5.78 Å². The van der Waals surface area contributed by atoms with Gasteiger partial charge in [-0.3, -0.25) is 4.79 Å². The minimum atomic E-state index is 0.0781. The number of ketones is 1. The van der Waals surface area contributed by atoms with Gasteiger partial charge in [-0.15, -0.1) is 19.7 Å². The minimum Gasteiger partial charge on any atom is -0.300 e. The van der Waals surface area contributed by atoms with Crippen molar-refractivity contribution in [2.45, 2.75) is 32.1 Å². The number of hydrogen-bond acceptors (Lipinski definition) is 1. The Kier molecular flexibility index (Phi) is 4.07. The predicted molar refractivity (Wildman–Crippen MR) is 64.6 cm³/mol. The molecule has 0 aromatic carbocycles. The van der Waals surface area contributed by atoms with Crippen molar-refractivity contribution in [1.29, 1.82) is 0 Å². The van der Waals surface area contributed by atoms with Gasteiger partial charge < -0.3 is 0 Å². The molecule has 1 aliphatic rings. The van der Waals surface area contributed by atoms with Gasteiger partial charge in [0, 0.05) is 12.8 Å². The lowest BCUT2D eigenvalue weighted by Crippen LogP contribution is -2.24. The van der Waals surface area contributed by atoms with Gasteiger partial charge in [-0.05, 0) is 30.6 Å². The molecule has 1 fully saturated rings. The van der Waals surface area contributed by atoms with Gasteiger partial charge in [-0.25, -0.2) is 0 Å². The van der Waals surface area contributed by atoms with E-state index in [2.05, 4.69) is 19.7 Å². The number of hydrogen-bond donors (Lipinski definition) is 0. The van der Waals surface area contributed by atoms with Crippen LogP contribution in [0.1, 0.15) is 32.1 Å². The molecule has 0 aromatic rings. The first-order valence-electron chi connectivity index (χ1n) is 5.53. The third-order valence-electron chi connectivity index (χ3n) is 3.44. The van der Waals surface area contributed by atoms with E-state index in [0.717, 1.165) is 19.3 Å². The molecule has 0 bridgehead atoms. The van der Waals surface area contributed by atoms with Crippen LogP contribution in [-0.4, -0.2) is 5.78 Å². The second kappa shape index (κ2) is 5.11. The zero-order valence-corrected chi connectivity index (χ0v) is 9.37. The van der Waals surface area contributed by atoms with E-state index in [1.165, 1.54) is 0 Å². The van der Waals surface area contributed by atoms with Crippen molar-refractivity contribution in [1.82, 2.24) is 0 Å². The smallest absolute Gasteiger partial charge is 0.133 e. The molecule has 0 radical (unpaired) electrons. The van der Waals surface area contributed by atoms with Crippen LogP contribution in [0.4, 0.5) is 0 Å². The van der Waals surface area contributed by atoms with Crippen molar-refractivity contribution >= 4 is 5.78 Å². The van der Waals surface area contributed by atoms with Gasteiger partial charge in [-0.1, -0.05) is 18.2 Å². The predicted octanol–water partition coefficient (Wildman–Crippen LogP) is 3.68. The second-order valence-electron chi connectivity index (χ2n) is 4.49. The standard InChI is InChI=1S/C14H20O/c1-4-7-12-10-13(15)11-14(12,8-5-2)9-6-3/h4-6,12H,1-3,7-11H2. The Hall–Kier alpha value is -1.11. The van der Waals surface area contributed by atoms with Crippen LogP contribution < -0.4 is 0 Å². The maximum Gasteiger partial charge on any atom is 0.133 e. The molecule has 1 unspecified atom stereocenters. The highest BCUT2D eigenvalue weighted by atomic mass is 16.1. The summed E-state index contributed by atoms with van der Waals surface area (Å²) in [4.78, 5) is 11.6. The van der Waals surface area contributed by atoms with E-state index in [1.54, 1.807) is 0 Å². The van der Waals surface area contributed by atoms with Crippen molar-refractivity contribution in [2.24, 2.45) is 11.3 Å². The Morgan fingerprint density at radius 3 is 2.27 bits per heavy atom. The molecule has 82 valence electrons. The van der Waals surface area contributed by atoms with Crippen LogP contribution in [0, 0.1) is 11.3 Å². The van der Waals surface area contributed by atoms with Crippen molar-refractivity contribution in [2.75, 3.05) is 0 Å². The molecular formula is C14H20O. The normalized spacial score (nSPS) is 23.7. The van der Waals surface area contributed by atoms with Gasteiger partial charge in [0.15, 0.2) is 0 Å². The fourth-order valence-corrected chi connectivity index (χ4v) is 2.77. The summed E-state index contributed by atoms with van der Waals surface area (Å²) < 4.78 is 0. The molecule has 1 heteroatoms. The highest BCUT2D eigenvalue weighted by Crippen LogP contribution is 2.49. The number of carbonyl (C=O) groups is 1. The fourth-order valence-electron chi connectivity index (χ4n) is 2.77. The van der Waals surface area contributed by atoms with Crippen molar-refractivity contribution in [3.8, 4) is 0 Å². The summed E-state index contributed by atoms with van der Waals surface area (Å²) in [5, 5.41) is 0. The largest absolute Gasteiger partial charge is 0.300 e. The van der Waals surface area contributed by atoms with E-state index in [9.17, 15) is 4.79 Å². The third-order valence-corrected chi connectivity index (χ3v) is 3.44. The summed E-state index contributed by atoms with van der Waals surface area (Å²) in [6.45, 7) is 11.4. The van der Waals surface area contributed by atoms with Crippen molar-refractivity contribution < 1.29 is 4.79 Å². The lowest BCUT2D eigenvalue weighted by atomic mass is 9.71. The molecule has 1 nitrogen and oxygen atoms in total. The maximum absolute atomic E-state index is 11.6. The summed E-state index contributed by atoms with van der Waals surface area (Å²) >= 11 is 0. The van der Waals surface area contributed by atoms with Gasteiger partial charge in [0.25, 0.3) is 0 Å². The van der Waals surface area contributed by atoms with Gasteiger partial charge in [0.2, 0.25) is 0 Å². The number of Topliss-reactive ketones (excluding diaryl/α,β-unsaturated/α-hetero) is 1. The van der Waals surface area contributed by atoms with Gasteiger partial charge in [0.05, 0.1) is 0 Å². The molecular weight excluding hydrogens is 184 g/mol. The number of carbonyl (C=O) groups excluding carboxylic acids is 1. The average Bonchev–Trinajstić information content (AvgIpc) is 2.45. The summed E-state index contributed by atoms with van der Waals surface area (Å²) in [6, 6.07) is 0. The van der Waals surface area contributed by atoms with Crippen LogP contribution in [0.25, 0.3) is 0 Å². The summed E-state index contributed by atoms with van der Waals surface area (Å²) in [5.41, 5.74) is 0.0781. The monoisotopic (exact) mass is 204 g/mol. The zero-order chi connectivity index (χ0) is 11.3. The molecule has 0 aliphatic heterocycles. The van der Waals surface area contributed by atoms with Crippen LogP contribution >= 0.6 is 0 Å². The number of rotatable bonds is 6. The first-order chi connectivity index (χ1) is 7.18. The Labute approximate surface area is 92.6 Å². The summed E-state index contributed by atoms with van der Waals surface area (Å²) in [6.07, 6.45) is 9.90. The molecule has 1 atom stereocenters.